The van der Waals surface area contributed by atoms with Crippen LogP contribution in [0.4, 0.5) is 16.2 Å². The van der Waals surface area contributed by atoms with E-state index < -0.39 is 11.1 Å². The molecular formula is C24H26N4O3S. The molecule has 2 aromatic rings. The Morgan fingerprint density at radius 2 is 1.62 bits per heavy atom. The van der Waals surface area contributed by atoms with Crippen LogP contribution in [0.1, 0.15) is 5.56 Å². The molecule has 166 valence electrons. The maximum absolute atomic E-state index is 12.8. The van der Waals surface area contributed by atoms with Crippen LogP contribution in [0.25, 0.3) is 6.08 Å². The zero-order valence-corrected chi connectivity index (χ0v) is 19.0. The van der Waals surface area contributed by atoms with Crippen molar-refractivity contribution in [3.63, 3.8) is 0 Å². The monoisotopic (exact) mass is 450 g/mol. The van der Waals surface area contributed by atoms with E-state index in [1.165, 1.54) is 0 Å². The lowest BCUT2D eigenvalue weighted by atomic mass is 10.2. The molecule has 4 rings (SSSR count). The molecule has 2 aliphatic heterocycles. The number of rotatable bonds is 5. The molecule has 0 unspecified atom stereocenters. The number of nitrogens with zero attached hydrogens (tertiary/aromatic N) is 4. The summed E-state index contributed by atoms with van der Waals surface area (Å²) in [6, 6.07) is 17.8. The third kappa shape index (κ3) is 4.80. The highest BCUT2D eigenvalue weighted by Gasteiger charge is 2.37. The van der Waals surface area contributed by atoms with E-state index in [2.05, 4.69) is 17.0 Å². The molecule has 0 aromatic heterocycles. The van der Waals surface area contributed by atoms with Gasteiger partial charge in [0.05, 0.1) is 4.91 Å². The Morgan fingerprint density at radius 3 is 2.25 bits per heavy atom. The van der Waals surface area contributed by atoms with Gasteiger partial charge in [0.2, 0.25) is 5.91 Å². The smallest absolute Gasteiger partial charge is 0.294 e. The molecule has 2 fully saturated rings. The summed E-state index contributed by atoms with van der Waals surface area (Å²) in [5, 5.41) is -0.401. The van der Waals surface area contributed by atoms with Crippen molar-refractivity contribution in [3.8, 4) is 0 Å². The van der Waals surface area contributed by atoms with E-state index in [0.29, 0.717) is 18.0 Å². The summed E-state index contributed by atoms with van der Waals surface area (Å²) < 4.78 is 0. The second kappa shape index (κ2) is 9.48. The zero-order valence-electron chi connectivity index (χ0n) is 18.2. The van der Waals surface area contributed by atoms with Gasteiger partial charge in [0.15, 0.2) is 0 Å². The van der Waals surface area contributed by atoms with Crippen LogP contribution in [0.2, 0.25) is 0 Å². The molecule has 3 amide bonds. The Hall–Kier alpha value is -3.26. The minimum absolute atomic E-state index is 0.198. The van der Waals surface area contributed by atoms with E-state index in [0.717, 1.165) is 46.7 Å². The van der Waals surface area contributed by atoms with Gasteiger partial charge in [-0.2, -0.15) is 0 Å². The van der Waals surface area contributed by atoms with Crippen molar-refractivity contribution in [3.05, 3.63) is 65.1 Å². The second-order valence-electron chi connectivity index (χ2n) is 7.96. The first-order valence-electron chi connectivity index (χ1n) is 10.5. The average molecular weight is 451 g/mol. The highest BCUT2D eigenvalue weighted by molar-refractivity contribution is 8.18. The lowest BCUT2D eigenvalue weighted by molar-refractivity contribution is -0.136. The number of imide groups is 1. The number of benzene rings is 2. The molecule has 0 atom stereocenters. The van der Waals surface area contributed by atoms with E-state index in [4.69, 9.17) is 0 Å². The molecule has 0 radical (unpaired) electrons. The van der Waals surface area contributed by atoms with E-state index in [9.17, 15) is 14.4 Å². The summed E-state index contributed by atoms with van der Waals surface area (Å²) in [6.45, 7) is 2.36. The molecule has 32 heavy (non-hydrogen) atoms. The van der Waals surface area contributed by atoms with Crippen LogP contribution in [0.5, 0.6) is 0 Å². The number of hydrogen-bond donors (Lipinski definition) is 0. The van der Waals surface area contributed by atoms with Gasteiger partial charge in [0.25, 0.3) is 11.1 Å². The van der Waals surface area contributed by atoms with Gasteiger partial charge in [0.1, 0.15) is 6.54 Å². The van der Waals surface area contributed by atoms with Gasteiger partial charge < -0.3 is 14.7 Å². The number of para-hydroxylation sites is 1. The van der Waals surface area contributed by atoms with Crippen LogP contribution in [-0.4, -0.2) is 73.7 Å². The summed E-state index contributed by atoms with van der Waals surface area (Å²) in [6.07, 6.45) is 1.70. The molecule has 7 nitrogen and oxygen atoms in total. The topological polar surface area (TPSA) is 64.2 Å². The third-order valence-corrected chi connectivity index (χ3v) is 6.54. The number of amides is 3. The molecule has 2 aliphatic rings. The average Bonchev–Trinajstić information content (AvgIpc) is 3.07. The van der Waals surface area contributed by atoms with E-state index in [1.807, 2.05) is 61.5 Å². The van der Waals surface area contributed by atoms with Crippen LogP contribution in [0, 0.1) is 0 Å². The molecule has 2 saturated heterocycles. The summed E-state index contributed by atoms with van der Waals surface area (Å²) in [5.74, 6) is -0.607. The predicted molar refractivity (Wildman–Crippen MR) is 129 cm³/mol. The van der Waals surface area contributed by atoms with Crippen LogP contribution < -0.4 is 9.80 Å². The lowest BCUT2D eigenvalue weighted by Gasteiger charge is -2.36. The van der Waals surface area contributed by atoms with Gasteiger partial charge >= 0.3 is 0 Å². The predicted octanol–water partition coefficient (Wildman–Crippen LogP) is 3.14. The Morgan fingerprint density at radius 1 is 0.969 bits per heavy atom. The van der Waals surface area contributed by atoms with Crippen molar-refractivity contribution in [1.29, 1.82) is 0 Å². The molecule has 0 N–H and O–H groups in total. The largest absolute Gasteiger partial charge is 0.378 e. The summed E-state index contributed by atoms with van der Waals surface area (Å²) in [5.41, 5.74) is 3.02. The van der Waals surface area contributed by atoms with Crippen molar-refractivity contribution in [1.82, 2.24) is 9.80 Å². The number of carbonyl (C=O) groups is 3. The summed E-state index contributed by atoms with van der Waals surface area (Å²) >= 11 is 0.883. The van der Waals surface area contributed by atoms with Crippen LogP contribution in [0.3, 0.4) is 0 Å². The maximum Gasteiger partial charge on any atom is 0.294 e. The van der Waals surface area contributed by atoms with Crippen LogP contribution in [-0.2, 0) is 9.59 Å². The molecular weight excluding hydrogens is 424 g/mol. The minimum Gasteiger partial charge on any atom is -0.378 e. The number of piperazine rings is 1. The van der Waals surface area contributed by atoms with Crippen molar-refractivity contribution in [2.24, 2.45) is 0 Å². The summed E-state index contributed by atoms with van der Waals surface area (Å²) in [7, 11) is 3.91. The number of thioether (sulfide) groups is 1. The van der Waals surface area contributed by atoms with Crippen LogP contribution in [0.15, 0.2) is 59.5 Å². The first-order valence-corrected chi connectivity index (χ1v) is 11.3. The quantitative estimate of drug-likeness (QED) is 0.652. The summed E-state index contributed by atoms with van der Waals surface area (Å²) in [4.78, 5) is 45.3. The molecule has 2 heterocycles. The Kier molecular flexibility index (Phi) is 6.50. The van der Waals surface area contributed by atoms with Gasteiger partial charge in [-0.05, 0) is 47.7 Å². The van der Waals surface area contributed by atoms with Crippen molar-refractivity contribution in [2.75, 3.05) is 56.6 Å². The fraction of sp³-hybridized carbons (Fsp3) is 0.292. The van der Waals surface area contributed by atoms with E-state index in [-0.39, 0.29) is 12.5 Å². The van der Waals surface area contributed by atoms with Crippen molar-refractivity contribution >= 4 is 46.3 Å². The van der Waals surface area contributed by atoms with Crippen LogP contribution >= 0.6 is 11.8 Å². The Labute approximate surface area is 192 Å². The van der Waals surface area contributed by atoms with Gasteiger partial charge in [0, 0.05) is 51.6 Å². The molecule has 0 saturated carbocycles. The van der Waals surface area contributed by atoms with Gasteiger partial charge in [-0.15, -0.1) is 0 Å². The number of anilines is 2. The number of carbonyl (C=O) groups excluding carboxylic acids is 3. The van der Waals surface area contributed by atoms with E-state index in [1.54, 1.807) is 11.0 Å². The first-order chi connectivity index (χ1) is 15.4. The maximum atomic E-state index is 12.8. The van der Waals surface area contributed by atoms with Gasteiger partial charge in [-0.1, -0.05) is 30.3 Å². The Balaban J connectivity index is 1.35. The van der Waals surface area contributed by atoms with E-state index >= 15 is 0 Å². The molecule has 0 aliphatic carbocycles. The van der Waals surface area contributed by atoms with Gasteiger partial charge in [-0.25, -0.2) is 0 Å². The lowest BCUT2D eigenvalue weighted by Crippen LogP contribution is -2.51. The number of hydrogen-bond acceptors (Lipinski definition) is 6. The highest BCUT2D eigenvalue weighted by Crippen LogP contribution is 2.32. The van der Waals surface area contributed by atoms with Crippen molar-refractivity contribution in [2.45, 2.75) is 0 Å². The molecule has 8 heteroatoms. The fourth-order valence-electron chi connectivity index (χ4n) is 3.74. The van der Waals surface area contributed by atoms with Gasteiger partial charge in [-0.3, -0.25) is 19.3 Å². The second-order valence-corrected chi connectivity index (χ2v) is 8.95. The van der Waals surface area contributed by atoms with Crippen molar-refractivity contribution < 1.29 is 14.4 Å². The fourth-order valence-corrected chi connectivity index (χ4v) is 4.58. The molecule has 2 aromatic carbocycles. The normalized spacial score (nSPS) is 17.9. The third-order valence-electron chi connectivity index (χ3n) is 5.63. The zero-order chi connectivity index (χ0) is 22.7. The first kappa shape index (κ1) is 22.0. The molecule has 0 bridgehead atoms. The molecule has 0 spiro atoms. The SMILES string of the molecule is CN(C)c1ccc(/C=C2/SC(=O)N(CC(=O)N3CCN(c4ccccc4)CC3)C2=O)cc1. The Bertz CT molecular complexity index is 1030. The highest BCUT2D eigenvalue weighted by atomic mass is 32.2. The minimum atomic E-state index is -0.409. The standard InChI is InChI=1S/C24H26N4O3S/c1-25(2)19-10-8-18(9-11-19)16-21-23(30)28(24(31)32-21)17-22(29)27-14-12-26(13-15-27)20-6-4-3-5-7-20/h3-11,16H,12-15,17H2,1-2H3/b21-16+.